The molecule has 1 heterocycles. The number of likely N-dealkylation sites (N-methyl/N-ethyl adjacent to an activating group) is 1. The summed E-state index contributed by atoms with van der Waals surface area (Å²) in [4.78, 5) is 30.7. The van der Waals surface area contributed by atoms with E-state index in [0.717, 1.165) is 23.4 Å². The average molecular weight is 414 g/mol. The highest BCUT2D eigenvalue weighted by Gasteiger charge is 2.28. The third-order valence-corrected chi connectivity index (χ3v) is 6.33. The van der Waals surface area contributed by atoms with E-state index in [1.54, 1.807) is 11.3 Å². The van der Waals surface area contributed by atoms with Gasteiger partial charge in [-0.05, 0) is 43.0 Å². The first kappa shape index (κ1) is 21.5. The number of hydrogen-bond donors (Lipinski definition) is 1. The minimum Gasteiger partial charge on any atom is -0.350 e. The standard InChI is InChI=1S/C23H31N3O2S/c1-2-25(17-22(27)24-16-21-14-9-15-29-21)18-23(28)26(19-10-5-3-6-11-19)20-12-7-4-8-13-20/h3,5-6,9-11,14-15,20H,2,4,7-8,12-13,16-18H2,1H3,(H,24,27). The first-order chi connectivity index (χ1) is 14.2. The number of benzene rings is 1. The van der Waals surface area contributed by atoms with Gasteiger partial charge in [-0.2, -0.15) is 0 Å². The number of nitrogens with zero attached hydrogens (tertiary/aromatic N) is 2. The van der Waals surface area contributed by atoms with E-state index in [9.17, 15) is 9.59 Å². The SMILES string of the molecule is CCN(CC(=O)NCc1cccs1)CC(=O)N(c1ccccc1)C1CCCCC1. The van der Waals surface area contributed by atoms with Crippen molar-refractivity contribution in [2.45, 2.75) is 51.6 Å². The molecular formula is C23H31N3O2S. The Morgan fingerprint density at radius 2 is 1.79 bits per heavy atom. The van der Waals surface area contributed by atoms with Crippen LogP contribution < -0.4 is 10.2 Å². The first-order valence-electron chi connectivity index (χ1n) is 10.6. The third-order valence-electron chi connectivity index (χ3n) is 5.46. The van der Waals surface area contributed by atoms with Gasteiger partial charge in [0, 0.05) is 16.6 Å². The van der Waals surface area contributed by atoms with Crippen molar-refractivity contribution in [3.05, 3.63) is 52.7 Å². The molecule has 1 aliphatic carbocycles. The number of carbonyl (C=O) groups is 2. The van der Waals surface area contributed by atoms with Gasteiger partial charge in [-0.3, -0.25) is 14.5 Å². The highest BCUT2D eigenvalue weighted by molar-refractivity contribution is 7.09. The van der Waals surface area contributed by atoms with E-state index < -0.39 is 0 Å². The summed E-state index contributed by atoms with van der Waals surface area (Å²) in [5.41, 5.74) is 0.961. The molecule has 156 valence electrons. The van der Waals surface area contributed by atoms with E-state index in [4.69, 9.17) is 0 Å². The summed E-state index contributed by atoms with van der Waals surface area (Å²) < 4.78 is 0. The van der Waals surface area contributed by atoms with E-state index in [2.05, 4.69) is 5.32 Å². The van der Waals surface area contributed by atoms with Crippen molar-refractivity contribution in [1.29, 1.82) is 0 Å². The summed E-state index contributed by atoms with van der Waals surface area (Å²) in [5.74, 6) is 0.0352. The first-order valence-corrected chi connectivity index (χ1v) is 11.4. The zero-order valence-corrected chi connectivity index (χ0v) is 18.0. The predicted molar refractivity (Wildman–Crippen MR) is 119 cm³/mol. The van der Waals surface area contributed by atoms with Crippen LogP contribution in [0.1, 0.15) is 43.9 Å². The van der Waals surface area contributed by atoms with Gasteiger partial charge in [0.2, 0.25) is 11.8 Å². The maximum Gasteiger partial charge on any atom is 0.241 e. The fourth-order valence-corrected chi connectivity index (χ4v) is 4.54. The second-order valence-electron chi connectivity index (χ2n) is 7.55. The number of para-hydroxylation sites is 1. The summed E-state index contributed by atoms with van der Waals surface area (Å²) >= 11 is 1.63. The molecule has 0 atom stereocenters. The van der Waals surface area contributed by atoms with Gasteiger partial charge in [0.15, 0.2) is 0 Å². The topological polar surface area (TPSA) is 52.7 Å². The molecule has 0 saturated heterocycles. The summed E-state index contributed by atoms with van der Waals surface area (Å²) in [6, 6.07) is 14.2. The van der Waals surface area contributed by atoms with Gasteiger partial charge in [-0.25, -0.2) is 0 Å². The van der Waals surface area contributed by atoms with Crippen molar-refractivity contribution in [2.75, 3.05) is 24.5 Å². The third kappa shape index (κ3) is 6.41. The molecule has 1 fully saturated rings. The van der Waals surface area contributed by atoms with Gasteiger partial charge >= 0.3 is 0 Å². The van der Waals surface area contributed by atoms with Crippen LogP contribution >= 0.6 is 11.3 Å². The monoisotopic (exact) mass is 413 g/mol. The molecule has 1 aromatic carbocycles. The normalized spacial score (nSPS) is 14.7. The summed E-state index contributed by atoms with van der Waals surface area (Å²) in [5, 5.41) is 4.95. The smallest absolute Gasteiger partial charge is 0.241 e. The molecule has 3 rings (SSSR count). The van der Waals surface area contributed by atoms with E-state index in [0.29, 0.717) is 13.1 Å². The van der Waals surface area contributed by atoms with Gasteiger partial charge in [-0.1, -0.05) is 50.5 Å². The summed E-state index contributed by atoms with van der Waals surface area (Å²) in [6.45, 7) is 3.69. The van der Waals surface area contributed by atoms with Crippen LogP contribution in [0.3, 0.4) is 0 Å². The molecule has 1 aliphatic rings. The fourth-order valence-electron chi connectivity index (χ4n) is 3.89. The molecule has 0 unspecified atom stereocenters. The molecule has 29 heavy (non-hydrogen) atoms. The molecule has 0 bridgehead atoms. The van der Waals surface area contributed by atoms with Crippen LogP contribution in [0.25, 0.3) is 0 Å². The van der Waals surface area contributed by atoms with E-state index >= 15 is 0 Å². The number of anilines is 1. The molecule has 1 N–H and O–H groups in total. The van der Waals surface area contributed by atoms with Gasteiger partial charge in [0.1, 0.15) is 0 Å². The van der Waals surface area contributed by atoms with Gasteiger partial charge in [0.05, 0.1) is 19.6 Å². The number of thiophene rings is 1. The Bertz CT molecular complexity index is 758. The molecule has 2 aromatic rings. The molecule has 2 amide bonds. The van der Waals surface area contributed by atoms with Crippen LogP contribution in [-0.2, 0) is 16.1 Å². The number of hydrogen-bond acceptors (Lipinski definition) is 4. The van der Waals surface area contributed by atoms with Crippen LogP contribution in [-0.4, -0.2) is 42.4 Å². The predicted octanol–water partition coefficient (Wildman–Crippen LogP) is 4.05. The maximum atomic E-state index is 13.3. The fraction of sp³-hybridized carbons (Fsp3) is 0.478. The van der Waals surface area contributed by atoms with Gasteiger partial charge in [0.25, 0.3) is 0 Å². The second kappa shape index (κ2) is 11.1. The average Bonchev–Trinajstić information content (AvgIpc) is 3.27. The molecule has 1 aromatic heterocycles. The molecule has 5 nitrogen and oxygen atoms in total. The van der Waals surface area contributed by atoms with Crippen molar-refractivity contribution in [3.63, 3.8) is 0 Å². The Balaban J connectivity index is 1.61. The van der Waals surface area contributed by atoms with Crippen molar-refractivity contribution in [1.82, 2.24) is 10.2 Å². The van der Waals surface area contributed by atoms with E-state index in [1.165, 1.54) is 19.3 Å². The van der Waals surface area contributed by atoms with Crippen LogP contribution in [0.5, 0.6) is 0 Å². The quantitative estimate of drug-likeness (QED) is 0.675. The summed E-state index contributed by atoms with van der Waals surface area (Å²) in [6.07, 6.45) is 5.69. The number of nitrogens with one attached hydrogen (secondary N) is 1. The van der Waals surface area contributed by atoms with Crippen molar-refractivity contribution < 1.29 is 9.59 Å². The number of rotatable bonds is 9. The Hall–Kier alpha value is -2.18. The Labute approximate surface area is 177 Å². The number of amides is 2. The van der Waals surface area contributed by atoms with E-state index in [-0.39, 0.29) is 30.9 Å². The second-order valence-corrected chi connectivity index (χ2v) is 8.58. The van der Waals surface area contributed by atoms with E-state index in [1.807, 2.05) is 64.6 Å². The Morgan fingerprint density at radius 3 is 2.45 bits per heavy atom. The maximum absolute atomic E-state index is 13.3. The Kier molecular flexibility index (Phi) is 8.25. The van der Waals surface area contributed by atoms with Crippen molar-refractivity contribution in [3.8, 4) is 0 Å². The molecule has 6 heteroatoms. The lowest BCUT2D eigenvalue weighted by atomic mass is 9.93. The zero-order chi connectivity index (χ0) is 20.5. The Morgan fingerprint density at radius 1 is 1.03 bits per heavy atom. The van der Waals surface area contributed by atoms with Crippen molar-refractivity contribution in [2.24, 2.45) is 0 Å². The van der Waals surface area contributed by atoms with Gasteiger partial charge < -0.3 is 10.2 Å². The van der Waals surface area contributed by atoms with Crippen LogP contribution in [0.4, 0.5) is 5.69 Å². The summed E-state index contributed by atoms with van der Waals surface area (Å²) in [7, 11) is 0. The van der Waals surface area contributed by atoms with Crippen LogP contribution in [0, 0.1) is 0 Å². The lowest BCUT2D eigenvalue weighted by molar-refractivity contribution is -0.124. The minimum absolute atomic E-state index is 0.0445. The van der Waals surface area contributed by atoms with Crippen LogP contribution in [0.15, 0.2) is 47.8 Å². The molecule has 0 spiro atoms. The van der Waals surface area contributed by atoms with Gasteiger partial charge in [-0.15, -0.1) is 11.3 Å². The number of carbonyl (C=O) groups excluding carboxylic acids is 2. The minimum atomic E-state index is -0.0445. The van der Waals surface area contributed by atoms with Crippen molar-refractivity contribution >= 4 is 28.8 Å². The largest absolute Gasteiger partial charge is 0.350 e. The lowest BCUT2D eigenvalue weighted by Gasteiger charge is -2.35. The highest BCUT2D eigenvalue weighted by Crippen LogP contribution is 2.27. The highest BCUT2D eigenvalue weighted by atomic mass is 32.1. The lowest BCUT2D eigenvalue weighted by Crippen LogP contribution is -2.48. The van der Waals surface area contributed by atoms with Crippen LogP contribution in [0.2, 0.25) is 0 Å². The molecular weight excluding hydrogens is 382 g/mol. The molecule has 1 saturated carbocycles. The molecule has 0 radical (unpaired) electrons. The zero-order valence-electron chi connectivity index (χ0n) is 17.2. The molecule has 0 aliphatic heterocycles.